The maximum absolute atomic E-state index is 5.28. The summed E-state index contributed by atoms with van der Waals surface area (Å²) in [6.07, 6.45) is 4.84. The quantitative estimate of drug-likeness (QED) is 0.445. The summed E-state index contributed by atoms with van der Waals surface area (Å²) in [5.41, 5.74) is 4.91. The second-order valence-electron chi connectivity index (χ2n) is 2.65. The van der Waals surface area contributed by atoms with Gasteiger partial charge in [0, 0.05) is 11.3 Å². The molecule has 3 N–H and O–H groups in total. The van der Waals surface area contributed by atoms with Gasteiger partial charge in [0.1, 0.15) is 12.1 Å². The molecule has 1 aromatic rings. The lowest BCUT2D eigenvalue weighted by Gasteiger charge is -2.03. The highest BCUT2D eigenvalue weighted by atomic mass is 15.3. The Morgan fingerprint density at radius 3 is 3.09 bits per heavy atom. The van der Waals surface area contributed by atoms with Crippen LogP contribution in [-0.4, -0.2) is 9.97 Å². The molecule has 0 unspecified atom stereocenters. The van der Waals surface area contributed by atoms with Crippen molar-refractivity contribution < 1.29 is 0 Å². The molecule has 4 heteroatoms. The minimum atomic E-state index is 0.785. The molecule has 58 valence electrons. The van der Waals surface area contributed by atoms with E-state index >= 15 is 0 Å². The van der Waals surface area contributed by atoms with Crippen LogP contribution in [0.2, 0.25) is 0 Å². The third kappa shape index (κ3) is 0.952. The number of nitrogen functional groups attached to an aromatic ring is 1. The SMILES string of the molecule is NNc1ncnc2c1CCC2. The fourth-order valence-electron chi connectivity index (χ4n) is 1.48. The van der Waals surface area contributed by atoms with E-state index in [2.05, 4.69) is 15.4 Å². The molecule has 1 heterocycles. The van der Waals surface area contributed by atoms with Gasteiger partial charge in [0.05, 0.1) is 0 Å². The number of hydrogen-bond donors (Lipinski definition) is 2. The van der Waals surface area contributed by atoms with Gasteiger partial charge >= 0.3 is 0 Å². The van der Waals surface area contributed by atoms with Gasteiger partial charge in [-0.15, -0.1) is 0 Å². The van der Waals surface area contributed by atoms with Gasteiger partial charge in [0.2, 0.25) is 0 Å². The van der Waals surface area contributed by atoms with Crippen molar-refractivity contribution in [2.45, 2.75) is 19.3 Å². The fourth-order valence-corrected chi connectivity index (χ4v) is 1.48. The molecule has 0 radical (unpaired) electrons. The Balaban J connectivity index is 2.50. The first-order valence-corrected chi connectivity index (χ1v) is 3.71. The van der Waals surface area contributed by atoms with Crippen molar-refractivity contribution >= 4 is 5.82 Å². The van der Waals surface area contributed by atoms with Gasteiger partial charge in [-0.1, -0.05) is 0 Å². The predicted molar refractivity (Wildman–Crippen MR) is 41.9 cm³/mol. The number of nitrogens with two attached hydrogens (primary N) is 1. The van der Waals surface area contributed by atoms with E-state index in [4.69, 9.17) is 5.84 Å². The molecular formula is C7H10N4. The van der Waals surface area contributed by atoms with Gasteiger partial charge in [-0.3, -0.25) is 0 Å². The van der Waals surface area contributed by atoms with E-state index in [0.717, 1.165) is 24.4 Å². The number of nitrogens with zero attached hydrogens (tertiary/aromatic N) is 2. The minimum absolute atomic E-state index is 0.785. The first-order chi connectivity index (χ1) is 5.42. The molecule has 0 saturated carbocycles. The lowest BCUT2D eigenvalue weighted by atomic mass is 10.2. The second-order valence-corrected chi connectivity index (χ2v) is 2.65. The van der Waals surface area contributed by atoms with E-state index in [9.17, 15) is 0 Å². The molecule has 0 aromatic carbocycles. The van der Waals surface area contributed by atoms with Crippen molar-refractivity contribution in [3.8, 4) is 0 Å². The Labute approximate surface area is 64.8 Å². The monoisotopic (exact) mass is 150 g/mol. The zero-order valence-corrected chi connectivity index (χ0v) is 6.17. The second kappa shape index (κ2) is 2.47. The van der Waals surface area contributed by atoms with E-state index in [1.165, 1.54) is 12.0 Å². The Kier molecular flexibility index (Phi) is 1.47. The highest BCUT2D eigenvalue weighted by Gasteiger charge is 2.15. The van der Waals surface area contributed by atoms with Crippen molar-refractivity contribution in [1.82, 2.24) is 9.97 Å². The van der Waals surface area contributed by atoms with Gasteiger partial charge in [0.25, 0.3) is 0 Å². The van der Waals surface area contributed by atoms with Crippen LogP contribution in [0.5, 0.6) is 0 Å². The summed E-state index contributed by atoms with van der Waals surface area (Å²) >= 11 is 0. The van der Waals surface area contributed by atoms with Gasteiger partial charge in [-0.05, 0) is 19.3 Å². The molecule has 1 aromatic heterocycles. The maximum Gasteiger partial charge on any atom is 0.146 e. The lowest BCUT2D eigenvalue weighted by Crippen LogP contribution is -2.11. The summed E-state index contributed by atoms with van der Waals surface area (Å²) < 4.78 is 0. The van der Waals surface area contributed by atoms with Crippen LogP contribution in [0.15, 0.2) is 6.33 Å². The van der Waals surface area contributed by atoms with Crippen LogP contribution in [0, 0.1) is 0 Å². The first-order valence-electron chi connectivity index (χ1n) is 3.71. The molecule has 4 nitrogen and oxygen atoms in total. The standard InChI is InChI=1S/C7H10N4/c8-11-7-5-2-1-3-6(5)9-4-10-7/h4H,1-3,8H2,(H,9,10,11). The number of hydrazine groups is 1. The molecule has 0 spiro atoms. The molecular weight excluding hydrogens is 140 g/mol. The molecule has 1 aliphatic rings. The van der Waals surface area contributed by atoms with Crippen molar-refractivity contribution in [3.63, 3.8) is 0 Å². The number of nitrogens with one attached hydrogen (secondary N) is 1. The third-order valence-electron chi connectivity index (χ3n) is 2.01. The normalized spacial score (nSPS) is 14.6. The lowest BCUT2D eigenvalue weighted by molar-refractivity contribution is 0.899. The van der Waals surface area contributed by atoms with Gasteiger partial charge in [0.15, 0.2) is 0 Å². The van der Waals surface area contributed by atoms with E-state index in [1.807, 2.05) is 0 Å². The van der Waals surface area contributed by atoms with Crippen molar-refractivity contribution in [2.24, 2.45) is 5.84 Å². The van der Waals surface area contributed by atoms with Crippen molar-refractivity contribution in [3.05, 3.63) is 17.6 Å². The van der Waals surface area contributed by atoms with Crippen LogP contribution >= 0.6 is 0 Å². The van der Waals surface area contributed by atoms with E-state index < -0.39 is 0 Å². The fraction of sp³-hybridized carbons (Fsp3) is 0.429. The van der Waals surface area contributed by atoms with Gasteiger partial charge < -0.3 is 5.43 Å². The molecule has 1 aliphatic carbocycles. The number of aryl methyl sites for hydroxylation is 1. The summed E-state index contributed by atoms with van der Waals surface area (Å²) in [6, 6.07) is 0. The van der Waals surface area contributed by atoms with Crippen LogP contribution in [-0.2, 0) is 12.8 Å². The smallest absolute Gasteiger partial charge is 0.146 e. The summed E-state index contributed by atoms with van der Waals surface area (Å²) in [5.74, 6) is 6.07. The summed E-state index contributed by atoms with van der Waals surface area (Å²) in [4.78, 5) is 8.18. The average Bonchev–Trinajstić information content (AvgIpc) is 2.50. The van der Waals surface area contributed by atoms with Crippen molar-refractivity contribution in [1.29, 1.82) is 0 Å². The zero-order valence-electron chi connectivity index (χ0n) is 6.17. The van der Waals surface area contributed by atoms with Crippen LogP contribution in [0.25, 0.3) is 0 Å². The van der Waals surface area contributed by atoms with E-state index in [-0.39, 0.29) is 0 Å². The third-order valence-corrected chi connectivity index (χ3v) is 2.01. The van der Waals surface area contributed by atoms with Crippen LogP contribution < -0.4 is 11.3 Å². The Bertz CT molecular complexity index is 271. The highest BCUT2D eigenvalue weighted by Crippen LogP contribution is 2.23. The summed E-state index contributed by atoms with van der Waals surface area (Å²) in [6.45, 7) is 0. The Hall–Kier alpha value is -1.16. The number of aromatic nitrogens is 2. The van der Waals surface area contributed by atoms with Crippen LogP contribution in [0.1, 0.15) is 17.7 Å². The predicted octanol–water partition coefficient (Wildman–Crippen LogP) is 0.251. The van der Waals surface area contributed by atoms with Gasteiger partial charge in [-0.25, -0.2) is 15.8 Å². The van der Waals surface area contributed by atoms with Crippen LogP contribution in [0.4, 0.5) is 5.82 Å². The summed E-state index contributed by atoms with van der Waals surface area (Å²) in [5, 5.41) is 0. The number of anilines is 1. The van der Waals surface area contributed by atoms with Gasteiger partial charge in [-0.2, -0.15) is 0 Å². The Morgan fingerprint density at radius 1 is 1.36 bits per heavy atom. The molecule has 2 rings (SSSR count). The van der Waals surface area contributed by atoms with E-state index in [0.29, 0.717) is 0 Å². The number of fused-ring (bicyclic) bond motifs is 1. The number of hydrogen-bond acceptors (Lipinski definition) is 4. The van der Waals surface area contributed by atoms with E-state index in [1.54, 1.807) is 6.33 Å². The molecule has 0 fully saturated rings. The number of rotatable bonds is 1. The molecule has 0 bridgehead atoms. The minimum Gasteiger partial charge on any atom is -0.308 e. The topological polar surface area (TPSA) is 63.8 Å². The molecule has 0 amide bonds. The molecule has 0 aliphatic heterocycles. The molecule has 11 heavy (non-hydrogen) atoms. The maximum atomic E-state index is 5.28. The van der Waals surface area contributed by atoms with Crippen molar-refractivity contribution in [2.75, 3.05) is 5.43 Å². The average molecular weight is 150 g/mol. The highest BCUT2D eigenvalue weighted by molar-refractivity contribution is 5.46. The zero-order chi connectivity index (χ0) is 7.68. The largest absolute Gasteiger partial charge is 0.308 e. The first kappa shape index (κ1) is 6.54. The molecule has 0 atom stereocenters. The van der Waals surface area contributed by atoms with Crippen LogP contribution in [0.3, 0.4) is 0 Å². The Morgan fingerprint density at radius 2 is 2.27 bits per heavy atom. The molecule has 0 saturated heterocycles. The summed E-state index contributed by atoms with van der Waals surface area (Å²) in [7, 11) is 0.